The molecule has 0 fully saturated rings. The van der Waals surface area contributed by atoms with Gasteiger partial charge in [-0.1, -0.05) is 25.5 Å². The van der Waals surface area contributed by atoms with Gasteiger partial charge in [-0.15, -0.1) is 0 Å². The smallest absolute Gasteiger partial charge is 0.264 e. The van der Waals surface area contributed by atoms with E-state index in [0.29, 0.717) is 23.6 Å². The highest BCUT2D eigenvalue weighted by Crippen LogP contribution is 2.32. The van der Waals surface area contributed by atoms with Gasteiger partial charge in [-0.25, -0.2) is 12.8 Å². The van der Waals surface area contributed by atoms with Gasteiger partial charge in [0.1, 0.15) is 24.2 Å². The first kappa shape index (κ1) is 33.2. The highest BCUT2D eigenvalue weighted by atomic mass is 32.2. The van der Waals surface area contributed by atoms with E-state index < -0.39 is 34.3 Å². The van der Waals surface area contributed by atoms with Crippen LogP contribution in [0.3, 0.4) is 0 Å². The zero-order valence-corrected chi connectivity index (χ0v) is 25.8. The van der Waals surface area contributed by atoms with Crippen molar-refractivity contribution in [3.05, 3.63) is 78.1 Å². The van der Waals surface area contributed by atoms with Crippen LogP contribution >= 0.6 is 0 Å². The van der Waals surface area contributed by atoms with E-state index in [1.807, 2.05) is 6.92 Å². The lowest BCUT2D eigenvalue weighted by molar-refractivity contribution is -0.139. The molecule has 12 heteroatoms. The Labute approximate surface area is 252 Å². The molecule has 0 aliphatic rings. The fourth-order valence-electron chi connectivity index (χ4n) is 4.33. The molecule has 43 heavy (non-hydrogen) atoms. The van der Waals surface area contributed by atoms with Crippen LogP contribution < -0.4 is 23.8 Å². The molecule has 2 amide bonds. The van der Waals surface area contributed by atoms with E-state index >= 15 is 0 Å². The first-order valence-electron chi connectivity index (χ1n) is 13.8. The lowest BCUT2D eigenvalue weighted by Crippen LogP contribution is -2.51. The van der Waals surface area contributed by atoms with Gasteiger partial charge in [0.05, 0.1) is 31.9 Å². The van der Waals surface area contributed by atoms with Crippen molar-refractivity contribution in [3.63, 3.8) is 0 Å². The summed E-state index contributed by atoms with van der Waals surface area (Å²) in [4.78, 5) is 28.3. The monoisotopic (exact) mass is 615 g/mol. The molecule has 0 unspecified atom stereocenters. The molecule has 0 radical (unpaired) electrons. The normalized spacial score (nSPS) is 11.8. The molecule has 0 saturated carbocycles. The molecule has 232 valence electrons. The van der Waals surface area contributed by atoms with Crippen LogP contribution in [0.4, 0.5) is 10.1 Å². The molecule has 3 aromatic carbocycles. The Hall–Kier alpha value is -4.32. The van der Waals surface area contributed by atoms with Crippen LogP contribution in [0, 0.1) is 5.82 Å². The molecule has 10 nitrogen and oxygen atoms in total. The van der Waals surface area contributed by atoms with Crippen LogP contribution in [0.1, 0.15) is 32.3 Å². The summed E-state index contributed by atoms with van der Waals surface area (Å²) in [6, 6.07) is 14.9. The number of carbonyl (C=O) groups is 2. The third-order valence-corrected chi connectivity index (χ3v) is 8.59. The van der Waals surface area contributed by atoms with E-state index in [4.69, 9.17) is 14.2 Å². The predicted molar refractivity (Wildman–Crippen MR) is 161 cm³/mol. The van der Waals surface area contributed by atoms with Crippen LogP contribution in [-0.2, 0) is 26.2 Å². The first-order valence-corrected chi connectivity index (χ1v) is 15.2. The van der Waals surface area contributed by atoms with Gasteiger partial charge in [-0.3, -0.25) is 13.9 Å². The van der Waals surface area contributed by atoms with Crippen LogP contribution in [-0.4, -0.2) is 65.6 Å². The summed E-state index contributed by atoms with van der Waals surface area (Å²) in [6.07, 6.45) is 1.64. The summed E-state index contributed by atoms with van der Waals surface area (Å²) in [5.74, 6) is -0.538. The number of rotatable bonds is 15. The maximum absolute atomic E-state index is 14.0. The number of unbranched alkanes of at least 4 members (excludes halogenated alkanes) is 1. The lowest BCUT2D eigenvalue weighted by Gasteiger charge is -2.32. The van der Waals surface area contributed by atoms with Crippen molar-refractivity contribution < 1.29 is 36.6 Å². The molecule has 1 N–H and O–H groups in total. The molecule has 0 aromatic heterocycles. The van der Waals surface area contributed by atoms with Crippen LogP contribution in [0.2, 0.25) is 0 Å². The SMILES string of the molecule is CCCCNC(=O)[C@@H](C)N(Cc1cccc(OC)c1)C(=O)CN(c1ccc(F)cc1)S(=O)(=O)c1ccc(OC)c(OC)c1. The Morgan fingerprint density at radius 3 is 2.26 bits per heavy atom. The Morgan fingerprint density at radius 1 is 0.930 bits per heavy atom. The molecule has 0 heterocycles. The number of nitrogens with one attached hydrogen (secondary N) is 1. The van der Waals surface area contributed by atoms with E-state index in [1.54, 1.807) is 31.2 Å². The minimum absolute atomic E-state index is 0.00601. The molecule has 1 atom stereocenters. The minimum Gasteiger partial charge on any atom is -0.497 e. The minimum atomic E-state index is -4.39. The average molecular weight is 616 g/mol. The first-order chi connectivity index (χ1) is 20.5. The average Bonchev–Trinajstić information content (AvgIpc) is 3.02. The van der Waals surface area contributed by atoms with Gasteiger partial charge in [-0.2, -0.15) is 0 Å². The molecular weight excluding hydrogens is 577 g/mol. The molecule has 3 rings (SSSR count). The van der Waals surface area contributed by atoms with Crippen molar-refractivity contribution in [2.45, 2.75) is 44.2 Å². The quantitative estimate of drug-likeness (QED) is 0.253. The zero-order chi connectivity index (χ0) is 31.6. The molecule has 0 aliphatic heterocycles. The van der Waals surface area contributed by atoms with Crippen LogP contribution in [0.5, 0.6) is 17.2 Å². The lowest BCUT2D eigenvalue weighted by atomic mass is 10.1. The number of hydrogen-bond donors (Lipinski definition) is 1. The van der Waals surface area contributed by atoms with E-state index in [9.17, 15) is 22.4 Å². The van der Waals surface area contributed by atoms with Gasteiger partial charge in [0.2, 0.25) is 11.8 Å². The summed E-state index contributed by atoms with van der Waals surface area (Å²) in [5, 5.41) is 2.84. The molecule has 0 saturated heterocycles. The van der Waals surface area contributed by atoms with Crippen molar-refractivity contribution in [2.24, 2.45) is 0 Å². The second-order valence-electron chi connectivity index (χ2n) is 9.70. The molecule has 0 spiro atoms. The van der Waals surface area contributed by atoms with Gasteiger partial charge in [0.15, 0.2) is 11.5 Å². The third kappa shape index (κ3) is 8.38. The Morgan fingerprint density at radius 2 is 1.63 bits per heavy atom. The summed E-state index contributed by atoms with van der Waals surface area (Å²) >= 11 is 0. The molecule has 0 bridgehead atoms. The van der Waals surface area contributed by atoms with E-state index in [0.717, 1.165) is 29.3 Å². The maximum Gasteiger partial charge on any atom is 0.264 e. The summed E-state index contributed by atoms with van der Waals surface area (Å²) in [6.45, 7) is 3.36. The number of hydrogen-bond acceptors (Lipinski definition) is 7. The second-order valence-corrected chi connectivity index (χ2v) is 11.6. The number of sulfonamides is 1. The van der Waals surface area contributed by atoms with Crippen molar-refractivity contribution in [1.29, 1.82) is 0 Å². The fraction of sp³-hybridized carbons (Fsp3) is 0.355. The second kappa shape index (κ2) is 15.2. The fourth-order valence-corrected chi connectivity index (χ4v) is 5.76. The molecular formula is C31H38FN3O7S. The van der Waals surface area contributed by atoms with E-state index in [1.165, 1.54) is 56.6 Å². The standard InChI is InChI=1S/C31H38FN3O7S/c1-6-7-17-33-31(37)22(2)34(20-23-9-8-10-26(18-23)40-3)30(36)21-35(25-13-11-24(32)12-14-25)43(38,39)27-15-16-28(41-4)29(19-27)42-5/h8-16,18-19,22H,6-7,17,20-21H2,1-5H3,(H,33,37)/t22-/m1/s1. The molecule has 3 aromatic rings. The Balaban J connectivity index is 2.05. The number of methoxy groups -OCH3 is 3. The van der Waals surface area contributed by atoms with Crippen molar-refractivity contribution >= 4 is 27.5 Å². The van der Waals surface area contributed by atoms with Gasteiger partial charge < -0.3 is 24.4 Å². The van der Waals surface area contributed by atoms with Gasteiger partial charge in [0.25, 0.3) is 10.0 Å². The summed E-state index contributed by atoms with van der Waals surface area (Å²) < 4.78 is 58.6. The number of ether oxygens (including phenoxy) is 3. The van der Waals surface area contributed by atoms with Gasteiger partial charge in [-0.05, 0) is 67.4 Å². The van der Waals surface area contributed by atoms with Crippen molar-refractivity contribution in [3.8, 4) is 17.2 Å². The number of amides is 2. The maximum atomic E-state index is 14.0. The number of nitrogens with zero attached hydrogens (tertiary/aromatic N) is 2. The molecule has 0 aliphatic carbocycles. The number of anilines is 1. The summed E-state index contributed by atoms with van der Waals surface area (Å²) in [5.41, 5.74) is 0.739. The van der Waals surface area contributed by atoms with Crippen molar-refractivity contribution in [1.82, 2.24) is 10.2 Å². The Bertz CT molecular complexity index is 1500. The van der Waals surface area contributed by atoms with Crippen LogP contribution in [0.25, 0.3) is 0 Å². The highest BCUT2D eigenvalue weighted by Gasteiger charge is 2.33. The predicted octanol–water partition coefficient (Wildman–Crippen LogP) is 4.38. The van der Waals surface area contributed by atoms with Crippen molar-refractivity contribution in [2.75, 3.05) is 38.7 Å². The third-order valence-electron chi connectivity index (χ3n) is 6.82. The van der Waals surface area contributed by atoms with E-state index in [2.05, 4.69) is 5.32 Å². The Kier molecular flexibility index (Phi) is 11.8. The number of carbonyl (C=O) groups excluding carboxylic acids is 2. The number of halogens is 1. The van der Waals surface area contributed by atoms with E-state index in [-0.39, 0.29) is 28.8 Å². The number of benzene rings is 3. The zero-order valence-electron chi connectivity index (χ0n) is 25.0. The van der Waals surface area contributed by atoms with Gasteiger partial charge in [0, 0.05) is 19.2 Å². The van der Waals surface area contributed by atoms with Crippen LogP contribution in [0.15, 0.2) is 71.6 Å². The van der Waals surface area contributed by atoms with Gasteiger partial charge >= 0.3 is 0 Å². The summed E-state index contributed by atoms with van der Waals surface area (Å²) in [7, 11) is -0.0771. The topological polar surface area (TPSA) is 114 Å². The highest BCUT2D eigenvalue weighted by molar-refractivity contribution is 7.92. The largest absolute Gasteiger partial charge is 0.497 e.